The Labute approximate surface area is 127 Å². The van der Waals surface area contributed by atoms with Gasteiger partial charge in [-0.05, 0) is 24.7 Å². The summed E-state index contributed by atoms with van der Waals surface area (Å²) in [6, 6.07) is 0.419. The van der Waals surface area contributed by atoms with E-state index in [0.717, 1.165) is 19.1 Å². The predicted molar refractivity (Wildman–Crippen MR) is 85.4 cm³/mol. The summed E-state index contributed by atoms with van der Waals surface area (Å²) in [5.41, 5.74) is 1.24. The molecule has 1 aromatic heterocycles. The Morgan fingerprint density at radius 2 is 2.10 bits per heavy atom. The molecule has 1 aromatic rings. The lowest BCUT2D eigenvalue weighted by Gasteiger charge is -2.29. The highest BCUT2D eigenvalue weighted by Crippen LogP contribution is 2.36. The van der Waals surface area contributed by atoms with Gasteiger partial charge < -0.3 is 10.1 Å². The molecular weight excluding hydrogens is 268 g/mol. The summed E-state index contributed by atoms with van der Waals surface area (Å²) in [5.74, 6) is 1.26. The fourth-order valence-electron chi connectivity index (χ4n) is 2.95. The average Bonchev–Trinajstić information content (AvgIpc) is 2.94. The number of nitrogens with zero attached hydrogens (tertiary/aromatic N) is 1. The van der Waals surface area contributed by atoms with Gasteiger partial charge in [0.15, 0.2) is 0 Å². The Kier molecular flexibility index (Phi) is 6.46. The summed E-state index contributed by atoms with van der Waals surface area (Å²) < 4.78 is 5.18. The van der Waals surface area contributed by atoms with Crippen LogP contribution in [0.2, 0.25) is 0 Å². The van der Waals surface area contributed by atoms with E-state index < -0.39 is 0 Å². The summed E-state index contributed by atoms with van der Waals surface area (Å²) in [5, 5.41) is 7.19. The van der Waals surface area contributed by atoms with Gasteiger partial charge in [0.1, 0.15) is 5.01 Å². The molecule has 1 aliphatic carbocycles. The van der Waals surface area contributed by atoms with Gasteiger partial charge in [-0.25, -0.2) is 4.98 Å². The predicted octanol–water partition coefficient (Wildman–Crippen LogP) is 4.12. The molecule has 0 amide bonds. The topological polar surface area (TPSA) is 34.1 Å². The quantitative estimate of drug-likeness (QED) is 0.768. The van der Waals surface area contributed by atoms with E-state index >= 15 is 0 Å². The van der Waals surface area contributed by atoms with E-state index in [2.05, 4.69) is 24.5 Å². The minimum absolute atomic E-state index is 0.419. The first-order valence-electron chi connectivity index (χ1n) is 7.90. The average molecular weight is 296 g/mol. The van der Waals surface area contributed by atoms with Gasteiger partial charge in [0, 0.05) is 19.0 Å². The standard InChI is InChI=1S/C16H28N2OS/c1-12(2)14-11-20-16(18-14)15(17-9-10-19-3)13-7-5-4-6-8-13/h11-13,15,17H,4-10H2,1-3H3. The summed E-state index contributed by atoms with van der Waals surface area (Å²) in [6.07, 6.45) is 6.81. The first-order valence-corrected chi connectivity index (χ1v) is 8.78. The first-order chi connectivity index (χ1) is 9.72. The largest absolute Gasteiger partial charge is 0.383 e. The molecule has 0 saturated heterocycles. The lowest BCUT2D eigenvalue weighted by molar-refractivity contribution is 0.184. The Bertz CT molecular complexity index is 386. The second-order valence-corrected chi connectivity index (χ2v) is 6.98. The van der Waals surface area contributed by atoms with Crippen molar-refractivity contribution in [2.75, 3.05) is 20.3 Å². The van der Waals surface area contributed by atoms with Crippen LogP contribution in [0.25, 0.3) is 0 Å². The summed E-state index contributed by atoms with van der Waals surface area (Å²) in [6.45, 7) is 6.11. The maximum Gasteiger partial charge on any atom is 0.110 e. The molecule has 1 unspecified atom stereocenters. The number of rotatable bonds is 7. The fourth-order valence-corrected chi connectivity index (χ4v) is 4.10. The van der Waals surface area contributed by atoms with Crippen LogP contribution in [-0.2, 0) is 4.74 Å². The number of ether oxygens (including phenoxy) is 1. The molecule has 1 saturated carbocycles. The van der Waals surface area contributed by atoms with Crippen LogP contribution in [0.4, 0.5) is 0 Å². The maximum absolute atomic E-state index is 5.18. The zero-order valence-corrected chi connectivity index (χ0v) is 13.8. The zero-order chi connectivity index (χ0) is 14.4. The Hall–Kier alpha value is -0.450. The first kappa shape index (κ1) is 15.9. The highest BCUT2D eigenvalue weighted by molar-refractivity contribution is 7.09. The highest BCUT2D eigenvalue weighted by atomic mass is 32.1. The number of nitrogens with one attached hydrogen (secondary N) is 1. The lowest BCUT2D eigenvalue weighted by atomic mass is 9.84. The minimum Gasteiger partial charge on any atom is -0.383 e. The van der Waals surface area contributed by atoms with Gasteiger partial charge in [-0.2, -0.15) is 0 Å². The third-order valence-corrected chi connectivity index (χ3v) is 5.14. The van der Waals surface area contributed by atoms with E-state index in [1.54, 1.807) is 7.11 Å². The molecular formula is C16H28N2OS. The van der Waals surface area contributed by atoms with Crippen molar-refractivity contribution in [3.05, 3.63) is 16.1 Å². The van der Waals surface area contributed by atoms with Crippen LogP contribution in [0.5, 0.6) is 0 Å². The van der Waals surface area contributed by atoms with Gasteiger partial charge in [0.2, 0.25) is 0 Å². The Morgan fingerprint density at radius 1 is 1.35 bits per heavy atom. The van der Waals surface area contributed by atoms with Gasteiger partial charge in [-0.1, -0.05) is 33.1 Å². The van der Waals surface area contributed by atoms with Crippen molar-refractivity contribution < 1.29 is 4.74 Å². The van der Waals surface area contributed by atoms with Crippen LogP contribution in [0.1, 0.15) is 68.6 Å². The molecule has 3 nitrogen and oxygen atoms in total. The maximum atomic E-state index is 5.18. The summed E-state index contributed by atoms with van der Waals surface area (Å²) in [7, 11) is 1.76. The van der Waals surface area contributed by atoms with Crippen LogP contribution < -0.4 is 5.32 Å². The monoisotopic (exact) mass is 296 g/mol. The van der Waals surface area contributed by atoms with Crippen LogP contribution in [0, 0.1) is 5.92 Å². The number of aromatic nitrogens is 1. The van der Waals surface area contributed by atoms with Crippen LogP contribution in [0.3, 0.4) is 0 Å². The van der Waals surface area contributed by atoms with Gasteiger partial charge >= 0.3 is 0 Å². The molecule has 0 aromatic carbocycles. The van der Waals surface area contributed by atoms with Crippen LogP contribution in [-0.4, -0.2) is 25.2 Å². The highest BCUT2D eigenvalue weighted by Gasteiger charge is 2.27. The summed E-state index contributed by atoms with van der Waals surface area (Å²) in [4.78, 5) is 4.88. The lowest BCUT2D eigenvalue weighted by Crippen LogP contribution is -2.32. The zero-order valence-electron chi connectivity index (χ0n) is 13.0. The molecule has 1 fully saturated rings. The number of methoxy groups -OCH3 is 1. The third-order valence-electron chi connectivity index (χ3n) is 4.19. The molecule has 4 heteroatoms. The molecule has 0 spiro atoms. The van der Waals surface area contributed by atoms with Gasteiger partial charge in [-0.15, -0.1) is 11.3 Å². The smallest absolute Gasteiger partial charge is 0.110 e. The van der Waals surface area contributed by atoms with E-state index in [4.69, 9.17) is 9.72 Å². The molecule has 1 N–H and O–H groups in total. The molecule has 2 rings (SSSR count). The molecule has 0 bridgehead atoms. The van der Waals surface area contributed by atoms with Gasteiger partial charge in [-0.3, -0.25) is 0 Å². The van der Waals surface area contributed by atoms with Crippen molar-refractivity contribution in [2.45, 2.75) is 57.9 Å². The van der Waals surface area contributed by atoms with E-state index in [9.17, 15) is 0 Å². The van der Waals surface area contributed by atoms with Crippen molar-refractivity contribution in [3.63, 3.8) is 0 Å². The number of hydrogen-bond acceptors (Lipinski definition) is 4. The van der Waals surface area contributed by atoms with Gasteiger partial charge in [0.05, 0.1) is 18.3 Å². The van der Waals surface area contributed by atoms with Crippen molar-refractivity contribution in [1.29, 1.82) is 0 Å². The van der Waals surface area contributed by atoms with Crippen LogP contribution >= 0.6 is 11.3 Å². The fraction of sp³-hybridized carbons (Fsp3) is 0.812. The third kappa shape index (κ3) is 4.27. The molecule has 0 radical (unpaired) electrons. The molecule has 1 atom stereocenters. The van der Waals surface area contributed by atoms with Crippen LogP contribution in [0.15, 0.2) is 5.38 Å². The number of thiazole rings is 1. The van der Waals surface area contributed by atoms with Crippen molar-refractivity contribution in [2.24, 2.45) is 5.92 Å². The van der Waals surface area contributed by atoms with Crippen molar-refractivity contribution in [1.82, 2.24) is 10.3 Å². The molecule has 114 valence electrons. The van der Waals surface area contributed by atoms with E-state index in [0.29, 0.717) is 12.0 Å². The Balaban J connectivity index is 2.06. The SMILES string of the molecule is COCCNC(c1nc(C(C)C)cs1)C1CCCCC1. The van der Waals surface area contributed by atoms with Crippen molar-refractivity contribution >= 4 is 11.3 Å². The molecule has 1 aliphatic rings. The number of hydrogen-bond donors (Lipinski definition) is 1. The second-order valence-electron chi connectivity index (χ2n) is 6.09. The van der Waals surface area contributed by atoms with Crippen molar-refractivity contribution in [3.8, 4) is 0 Å². The molecule has 0 aliphatic heterocycles. The summed E-state index contributed by atoms with van der Waals surface area (Å²) >= 11 is 1.82. The van der Waals surface area contributed by atoms with Gasteiger partial charge in [0.25, 0.3) is 0 Å². The Morgan fingerprint density at radius 3 is 2.70 bits per heavy atom. The van der Waals surface area contributed by atoms with E-state index in [1.807, 2.05) is 11.3 Å². The normalized spacial score (nSPS) is 18.6. The van der Waals surface area contributed by atoms with E-state index in [1.165, 1.54) is 42.8 Å². The second kappa shape index (κ2) is 8.11. The minimum atomic E-state index is 0.419. The van der Waals surface area contributed by atoms with E-state index in [-0.39, 0.29) is 0 Å². The molecule has 1 heterocycles. The molecule has 20 heavy (non-hydrogen) atoms.